The molecule has 0 aliphatic rings. The molecule has 0 N–H and O–H groups in total. The fourth-order valence-corrected chi connectivity index (χ4v) is 2.47. The minimum absolute atomic E-state index is 0.0486. The molecule has 24 heavy (non-hydrogen) atoms. The Hall–Kier alpha value is -3.14. The predicted molar refractivity (Wildman–Crippen MR) is 86.2 cm³/mol. The first-order valence-corrected chi connectivity index (χ1v) is 7.27. The highest BCUT2D eigenvalue weighted by Gasteiger charge is 2.20. The number of rotatable bonds is 4. The molecule has 0 saturated heterocycles. The molecule has 0 radical (unpaired) electrons. The van der Waals surface area contributed by atoms with Crippen LogP contribution in [0.2, 0.25) is 0 Å². The van der Waals surface area contributed by atoms with Crippen LogP contribution in [0, 0.1) is 20.2 Å². The van der Waals surface area contributed by atoms with Gasteiger partial charge in [0.25, 0.3) is 11.4 Å². The molecule has 3 rings (SSSR count). The highest BCUT2D eigenvalue weighted by atomic mass is 79.9. The zero-order chi connectivity index (χ0) is 17.3. The van der Waals surface area contributed by atoms with Gasteiger partial charge in [-0.05, 0) is 28.1 Å². The van der Waals surface area contributed by atoms with Gasteiger partial charge in [0.1, 0.15) is 0 Å². The van der Waals surface area contributed by atoms with Gasteiger partial charge in [-0.15, -0.1) is 10.2 Å². The van der Waals surface area contributed by atoms with Gasteiger partial charge in [-0.3, -0.25) is 20.2 Å². The van der Waals surface area contributed by atoms with Crippen LogP contribution < -0.4 is 0 Å². The summed E-state index contributed by atoms with van der Waals surface area (Å²) in [5, 5.41) is 29.6. The normalized spacial score (nSPS) is 10.5. The molecule has 0 atom stereocenters. The average molecular weight is 391 g/mol. The molecule has 0 amide bonds. The molecule has 0 bridgehead atoms. The van der Waals surface area contributed by atoms with Gasteiger partial charge in [-0.25, -0.2) is 0 Å². The standard InChI is InChI=1S/C14H7BrN4O5/c15-12-4-2-1-3-11(12)14-17-16-13(24-14)8-5-9(18(20)21)7-10(6-8)19(22)23/h1-7H. The Labute approximate surface area is 142 Å². The smallest absolute Gasteiger partial charge is 0.277 e. The highest BCUT2D eigenvalue weighted by Crippen LogP contribution is 2.32. The van der Waals surface area contributed by atoms with Crippen molar-refractivity contribution in [2.45, 2.75) is 0 Å². The van der Waals surface area contributed by atoms with Gasteiger partial charge in [0.15, 0.2) is 0 Å². The fourth-order valence-electron chi connectivity index (χ4n) is 2.01. The molecular weight excluding hydrogens is 384 g/mol. The molecule has 0 spiro atoms. The number of nitro groups is 2. The lowest BCUT2D eigenvalue weighted by Crippen LogP contribution is -1.94. The molecule has 3 aromatic rings. The van der Waals surface area contributed by atoms with E-state index in [4.69, 9.17) is 4.42 Å². The molecule has 0 saturated carbocycles. The molecule has 1 aromatic heterocycles. The summed E-state index contributed by atoms with van der Waals surface area (Å²) in [5.74, 6) is 0.138. The number of nitrogens with zero attached hydrogens (tertiary/aromatic N) is 4. The predicted octanol–water partition coefficient (Wildman–Crippen LogP) is 3.98. The molecule has 9 nitrogen and oxygen atoms in total. The Morgan fingerprint density at radius 1 is 0.917 bits per heavy atom. The van der Waals surface area contributed by atoms with Gasteiger partial charge in [0.2, 0.25) is 11.8 Å². The molecule has 10 heteroatoms. The van der Waals surface area contributed by atoms with Crippen LogP contribution in [0.4, 0.5) is 11.4 Å². The summed E-state index contributed by atoms with van der Waals surface area (Å²) in [5.41, 5.74) is -0.127. The first kappa shape index (κ1) is 15.7. The quantitative estimate of drug-likeness (QED) is 0.486. The zero-order valence-corrected chi connectivity index (χ0v) is 13.3. The Kier molecular flexibility index (Phi) is 4.04. The van der Waals surface area contributed by atoms with E-state index in [0.717, 1.165) is 22.7 Å². The van der Waals surface area contributed by atoms with E-state index < -0.39 is 21.2 Å². The molecule has 0 unspecified atom stereocenters. The van der Waals surface area contributed by atoms with E-state index in [1.165, 1.54) is 0 Å². The van der Waals surface area contributed by atoms with Gasteiger partial charge >= 0.3 is 0 Å². The Morgan fingerprint density at radius 2 is 1.50 bits per heavy atom. The van der Waals surface area contributed by atoms with Crippen LogP contribution in [0.25, 0.3) is 22.9 Å². The van der Waals surface area contributed by atoms with Crippen LogP contribution in [0.15, 0.2) is 51.4 Å². The average Bonchev–Trinajstić information content (AvgIpc) is 3.04. The van der Waals surface area contributed by atoms with Crippen LogP contribution in [0.3, 0.4) is 0 Å². The maximum atomic E-state index is 10.9. The Morgan fingerprint density at radius 3 is 2.08 bits per heavy atom. The molecule has 120 valence electrons. The van der Waals surface area contributed by atoms with E-state index in [1.54, 1.807) is 18.2 Å². The number of non-ortho nitro benzene ring substituents is 2. The van der Waals surface area contributed by atoms with Gasteiger partial charge in [0, 0.05) is 16.6 Å². The number of benzene rings is 2. The SMILES string of the molecule is O=[N+]([O-])c1cc(-c2nnc(-c3ccccc3Br)o2)cc([N+](=O)[O-])c1. The van der Waals surface area contributed by atoms with Gasteiger partial charge in [0.05, 0.1) is 27.0 Å². The third-order valence-electron chi connectivity index (χ3n) is 3.10. The Balaban J connectivity index is 2.09. The van der Waals surface area contributed by atoms with Crippen LogP contribution in [0.1, 0.15) is 0 Å². The monoisotopic (exact) mass is 390 g/mol. The maximum Gasteiger partial charge on any atom is 0.277 e. The van der Waals surface area contributed by atoms with Crippen molar-refractivity contribution >= 4 is 27.3 Å². The van der Waals surface area contributed by atoms with E-state index in [2.05, 4.69) is 26.1 Å². The van der Waals surface area contributed by atoms with E-state index >= 15 is 0 Å². The third-order valence-corrected chi connectivity index (χ3v) is 3.79. The van der Waals surface area contributed by atoms with Crippen molar-refractivity contribution in [3.8, 4) is 22.9 Å². The zero-order valence-electron chi connectivity index (χ0n) is 11.7. The van der Waals surface area contributed by atoms with Crippen molar-refractivity contribution in [1.29, 1.82) is 0 Å². The first-order valence-electron chi connectivity index (χ1n) is 6.48. The maximum absolute atomic E-state index is 10.9. The van der Waals surface area contributed by atoms with Gasteiger partial charge in [-0.1, -0.05) is 12.1 Å². The van der Waals surface area contributed by atoms with Gasteiger partial charge < -0.3 is 4.42 Å². The van der Waals surface area contributed by atoms with Crippen molar-refractivity contribution in [2.75, 3.05) is 0 Å². The summed E-state index contributed by atoms with van der Waals surface area (Å²) in [7, 11) is 0. The molecular formula is C14H7BrN4O5. The van der Waals surface area contributed by atoms with Crippen molar-refractivity contribution in [1.82, 2.24) is 10.2 Å². The fraction of sp³-hybridized carbons (Fsp3) is 0. The molecule has 0 fully saturated rings. The second-order valence-corrected chi connectivity index (χ2v) is 5.50. The van der Waals surface area contributed by atoms with Crippen LogP contribution >= 0.6 is 15.9 Å². The van der Waals surface area contributed by atoms with Crippen LogP contribution in [-0.4, -0.2) is 20.0 Å². The molecule has 1 heterocycles. The number of nitro benzene ring substituents is 2. The van der Waals surface area contributed by atoms with E-state index in [-0.39, 0.29) is 17.3 Å². The number of halogens is 1. The molecule has 0 aliphatic carbocycles. The second-order valence-electron chi connectivity index (χ2n) is 4.64. The third kappa shape index (κ3) is 2.99. The number of aromatic nitrogens is 2. The summed E-state index contributed by atoms with van der Waals surface area (Å²) in [6.07, 6.45) is 0. The summed E-state index contributed by atoms with van der Waals surface area (Å²) >= 11 is 3.35. The highest BCUT2D eigenvalue weighted by molar-refractivity contribution is 9.10. The van der Waals surface area contributed by atoms with E-state index in [0.29, 0.717) is 5.56 Å². The molecule has 0 aliphatic heterocycles. The second kappa shape index (κ2) is 6.16. The summed E-state index contributed by atoms with van der Waals surface area (Å²) < 4.78 is 6.24. The van der Waals surface area contributed by atoms with Crippen molar-refractivity contribution in [2.24, 2.45) is 0 Å². The Bertz CT molecular complexity index is 924. The van der Waals surface area contributed by atoms with Gasteiger partial charge in [-0.2, -0.15) is 0 Å². The summed E-state index contributed by atoms with van der Waals surface area (Å²) in [6, 6.07) is 10.3. The van der Waals surface area contributed by atoms with Crippen molar-refractivity contribution in [3.63, 3.8) is 0 Å². The number of hydrogen-bond donors (Lipinski definition) is 0. The molecule has 2 aromatic carbocycles. The van der Waals surface area contributed by atoms with Crippen molar-refractivity contribution < 1.29 is 14.3 Å². The van der Waals surface area contributed by atoms with Crippen LogP contribution in [-0.2, 0) is 0 Å². The summed E-state index contributed by atoms with van der Waals surface area (Å²) in [4.78, 5) is 20.4. The van der Waals surface area contributed by atoms with E-state index in [1.807, 2.05) is 6.07 Å². The van der Waals surface area contributed by atoms with E-state index in [9.17, 15) is 20.2 Å². The van der Waals surface area contributed by atoms with Crippen molar-refractivity contribution in [3.05, 3.63) is 67.2 Å². The lowest BCUT2D eigenvalue weighted by Gasteiger charge is -1.98. The summed E-state index contributed by atoms with van der Waals surface area (Å²) in [6.45, 7) is 0. The lowest BCUT2D eigenvalue weighted by molar-refractivity contribution is -0.394. The largest absolute Gasteiger partial charge is 0.416 e. The first-order chi connectivity index (χ1) is 11.5. The lowest BCUT2D eigenvalue weighted by atomic mass is 10.1. The topological polar surface area (TPSA) is 125 Å². The minimum atomic E-state index is -0.721. The minimum Gasteiger partial charge on any atom is -0.416 e. The number of hydrogen-bond acceptors (Lipinski definition) is 7. The van der Waals surface area contributed by atoms with Crippen LogP contribution in [0.5, 0.6) is 0 Å².